The quantitative estimate of drug-likeness (QED) is 0.484. The highest BCUT2D eigenvalue weighted by atomic mass is 17.2. The van der Waals surface area contributed by atoms with Gasteiger partial charge in [0.2, 0.25) is 0 Å². The molecular weight excluding hydrogens is 230 g/mol. The van der Waals surface area contributed by atoms with E-state index in [0.29, 0.717) is 23.3 Å². The highest BCUT2D eigenvalue weighted by molar-refractivity contribution is 6.07. The van der Waals surface area contributed by atoms with Crippen LogP contribution in [0.15, 0.2) is 41.2 Å². The summed E-state index contributed by atoms with van der Waals surface area (Å²) in [6.07, 6.45) is 0. The van der Waals surface area contributed by atoms with Gasteiger partial charge in [0, 0.05) is 16.3 Å². The van der Waals surface area contributed by atoms with Crippen molar-refractivity contribution in [3.63, 3.8) is 0 Å². The molecule has 0 unspecified atom stereocenters. The Hall–Kier alpha value is -2.33. The van der Waals surface area contributed by atoms with E-state index < -0.39 is 0 Å². The SMILES string of the molecule is O=c1[nH]c2c3c(ccc2c2ccccc12)COO3. The molecule has 4 rings (SSSR count). The molecule has 88 valence electrons. The number of benzene rings is 2. The van der Waals surface area contributed by atoms with Crippen LogP contribution in [0.2, 0.25) is 0 Å². The van der Waals surface area contributed by atoms with Crippen LogP contribution in [0.3, 0.4) is 0 Å². The van der Waals surface area contributed by atoms with Crippen LogP contribution >= 0.6 is 0 Å². The fourth-order valence-electron chi connectivity index (χ4n) is 2.43. The molecule has 0 amide bonds. The highest BCUT2D eigenvalue weighted by Gasteiger charge is 2.19. The average Bonchev–Trinajstić information content (AvgIpc) is 2.88. The van der Waals surface area contributed by atoms with Crippen molar-refractivity contribution in [2.75, 3.05) is 0 Å². The van der Waals surface area contributed by atoms with E-state index in [1.165, 1.54) is 0 Å². The molecule has 4 heteroatoms. The number of pyridine rings is 1. The van der Waals surface area contributed by atoms with Gasteiger partial charge in [-0.05, 0) is 11.5 Å². The van der Waals surface area contributed by atoms with Crippen LogP contribution in [-0.4, -0.2) is 4.98 Å². The van der Waals surface area contributed by atoms with Crippen molar-refractivity contribution in [2.24, 2.45) is 0 Å². The van der Waals surface area contributed by atoms with Gasteiger partial charge in [0.1, 0.15) is 6.61 Å². The zero-order chi connectivity index (χ0) is 12.1. The van der Waals surface area contributed by atoms with Gasteiger partial charge in [-0.3, -0.25) is 4.79 Å². The van der Waals surface area contributed by atoms with Crippen LogP contribution < -0.4 is 10.4 Å². The van der Waals surface area contributed by atoms with Crippen molar-refractivity contribution in [2.45, 2.75) is 6.61 Å². The second kappa shape index (κ2) is 3.34. The van der Waals surface area contributed by atoms with Crippen molar-refractivity contribution < 1.29 is 9.78 Å². The Balaban J connectivity index is 2.29. The lowest BCUT2D eigenvalue weighted by Gasteiger charge is -2.05. The standard InChI is InChI=1S/C14H9NO3/c16-14-11-4-2-1-3-9(11)10-6-5-8-7-17-18-13(8)12(10)15-14/h1-6H,7H2,(H,15,16). The lowest BCUT2D eigenvalue weighted by atomic mass is 10.0. The zero-order valence-electron chi connectivity index (χ0n) is 9.40. The summed E-state index contributed by atoms with van der Waals surface area (Å²) in [5.41, 5.74) is 1.55. The van der Waals surface area contributed by atoms with E-state index in [1.54, 1.807) is 0 Å². The lowest BCUT2D eigenvalue weighted by Crippen LogP contribution is -2.06. The third-order valence-electron chi connectivity index (χ3n) is 3.30. The first-order valence-corrected chi connectivity index (χ1v) is 5.71. The van der Waals surface area contributed by atoms with Gasteiger partial charge in [0.15, 0.2) is 5.75 Å². The molecule has 0 saturated heterocycles. The minimum Gasteiger partial charge on any atom is -0.335 e. The summed E-state index contributed by atoms with van der Waals surface area (Å²) >= 11 is 0. The molecule has 1 aliphatic rings. The van der Waals surface area contributed by atoms with Gasteiger partial charge in [0.25, 0.3) is 5.56 Å². The molecule has 0 fully saturated rings. The predicted molar refractivity (Wildman–Crippen MR) is 67.5 cm³/mol. The minimum atomic E-state index is -0.109. The van der Waals surface area contributed by atoms with Crippen molar-refractivity contribution in [3.05, 3.63) is 52.3 Å². The van der Waals surface area contributed by atoms with Crippen LogP contribution in [0.1, 0.15) is 5.56 Å². The van der Waals surface area contributed by atoms with E-state index in [2.05, 4.69) is 4.98 Å². The molecule has 3 aromatic rings. The van der Waals surface area contributed by atoms with Gasteiger partial charge in [-0.15, -0.1) is 0 Å². The topological polar surface area (TPSA) is 51.3 Å². The third kappa shape index (κ3) is 1.15. The number of fused-ring (bicyclic) bond motifs is 5. The molecule has 0 saturated carbocycles. The van der Waals surface area contributed by atoms with Crippen molar-refractivity contribution in [3.8, 4) is 5.75 Å². The number of H-pyrrole nitrogens is 1. The smallest absolute Gasteiger partial charge is 0.256 e. The van der Waals surface area contributed by atoms with E-state index in [1.807, 2.05) is 36.4 Å². The Morgan fingerprint density at radius 2 is 1.83 bits per heavy atom. The number of rotatable bonds is 0. The second-order valence-corrected chi connectivity index (χ2v) is 4.32. The summed E-state index contributed by atoms with van der Waals surface area (Å²) in [5, 5.41) is 2.58. The van der Waals surface area contributed by atoms with E-state index in [9.17, 15) is 4.79 Å². The van der Waals surface area contributed by atoms with Crippen LogP contribution in [0.25, 0.3) is 21.7 Å². The number of nitrogens with one attached hydrogen (secondary N) is 1. The van der Waals surface area contributed by atoms with E-state index in [4.69, 9.17) is 9.78 Å². The average molecular weight is 239 g/mol. The fraction of sp³-hybridized carbons (Fsp3) is 0.0714. The van der Waals surface area contributed by atoms with Gasteiger partial charge in [-0.25, -0.2) is 0 Å². The molecule has 0 bridgehead atoms. The summed E-state index contributed by atoms with van der Waals surface area (Å²) in [7, 11) is 0. The fourth-order valence-corrected chi connectivity index (χ4v) is 2.43. The maximum absolute atomic E-state index is 12.0. The number of hydrogen-bond acceptors (Lipinski definition) is 3. The first kappa shape index (κ1) is 9.67. The van der Waals surface area contributed by atoms with Crippen molar-refractivity contribution in [1.82, 2.24) is 4.98 Å². The van der Waals surface area contributed by atoms with E-state index in [-0.39, 0.29) is 5.56 Å². The van der Waals surface area contributed by atoms with E-state index in [0.717, 1.165) is 16.3 Å². The van der Waals surface area contributed by atoms with Crippen LogP contribution in [0.4, 0.5) is 0 Å². The third-order valence-corrected chi connectivity index (χ3v) is 3.30. The van der Waals surface area contributed by atoms with Gasteiger partial charge in [-0.2, -0.15) is 4.89 Å². The normalized spacial score (nSPS) is 13.8. The molecule has 0 aliphatic carbocycles. The Labute approximate surface area is 102 Å². The molecule has 4 nitrogen and oxygen atoms in total. The Kier molecular flexibility index (Phi) is 1.79. The number of aromatic nitrogens is 1. The van der Waals surface area contributed by atoms with Gasteiger partial charge < -0.3 is 9.87 Å². The Morgan fingerprint density at radius 3 is 2.72 bits per heavy atom. The predicted octanol–water partition coefficient (Wildman–Crippen LogP) is 2.51. The zero-order valence-corrected chi connectivity index (χ0v) is 9.40. The maximum atomic E-state index is 12.0. The van der Waals surface area contributed by atoms with Gasteiger partial charge >= 0.3 is 0 Å². The summed E-state index contributed by atoms with van der Waals surface area (Å²) in [5.74, 6) is 0.621. The van der Waals surface area contributed by atoms with Crippen LogP contribution in [0, 0.1) is 0 Å². The van der Waals surface area contributed by atoms with Crippen molar-refractivity contribution in [1.29, 1.82) is 0 Å². The molecule has 1 aliphatic heterocycles. The second-order valence-electron chi connectivity index (χ2n) is 4.32. The molecular formula is C14H9NO3. The highest BCUT2D eigenvalue weighted by Crippen LogP contribution is 2.35. The van der Waals surface area contributed by atoms with Crippen molar-refractivity contribution >= 4 is 21.7 Å². The molecule has 1 N–H and O–H groups in total. The molecule has 2 heterocycles. The molecule has 2 aromatic carbocycles. The first-order chi connectivity index (χ1) is 8.84. The van der Waals surface area contributed by atoms with E-state index >= 15 is 0 Å². The molecule has 0 atom stereocenters. The molecule has 1 aromatic heterocycles. The molecule has 0 spiro atoms. The summed E-state index contributed by atoms with van der Waals surface area (Å²) in [6, 6.07) is 11.5. The Morgan fingerprint density at radius 1 is 1.00 bits per heavy atom. The monoisotopic (exact) mass is 239 g/mol. The first-order valence-electron chi connectivity index (χ1n) is 5.71. The van der Waals surface area contributed by atoms with Crippen LogP contribution in [0.5, 0.6) is 5.75 Å². The molecule has 0 radical (unpaired) electrons. The largest absolute Gasteiger partial charge is 0.335 e. The number of aromatic amines is 1. The minimum absolute atomic E-state index is 0.109. The number of hydrogen-bond donors (Lipinski definition) is 1. The summed E-state index contributed by atoms with van der Waals surface area (Å²) in [6.45, 7) is 0.417. The lowest BCUT2D eigenvalue weighted by molar-refractivity contribution is -0.193. The van der Waals surface area contributed by atoms with Gasteiger partial charge in [-0.1, -0.05) is 30.3 Å². The van der Waals surface area contributed by atoms with Gasteiger partial charge in [0.05, 0.1) is 5.52 Å². The summed E-state index contributed by atoms with van der Waals surface area (Å²) < 4.78 is 0. The van der Waals surface area contributed by atoms with Crippen LogP contribution in [-0.2, 0) is 11.5 Å². The molecule has 18 heavy (non-hydrogen) atoms. The maximum Gasteiger partial charge on any atom is 0.256 e. The Bertz CT molecular complexity index is 835. The summed E-state index contributed by atoms with van der Waals surface area (Å²) in [4.78, 5) is 25.0.